The lowest BCUT2D eigenvalue weighted by molar-refractivity contribution is -0.120. The molecule has 0 radical (unpaired) electrons. The Morgan fingerprint density at radius 2 is 2.12 bits per heavy atom. The summed E-state index contributed by atoms with van der Waals surface area (Å²) in [5, 5.41) is 2.99. The molecule has 2 N–H and O–H groups in total. The summed E-state index contributed by atoms with van der Waals surface area (Å²) in [4.78, 5) is 30.6. The number of hydrogen-bond acceptors (Lipinski definition) is 6. The molecule has 1 aliphatic rings. The molecule has 1 amide bonds. The Balaban J connectivity index is 1.47. The highest BCUT2D eigenvalue weighted by atomic mass is 16.5. The maximum atomic E-state index is 12.7. The number of piperidine rings is 1. The van der Waals surface area contributed by atoms with E-state index in [1.54, 1.807) is 13.4 Å². The molecule has 1 aliphatic heterocycles. The van der Waals surface area contributed by atoms with E-state index >= 15 is 0 Å². The van der Waals surface area contributed by atoms with Crippen LogP contribution in [0.4, 0.5) is 11.5 Å². The van der Waals surface area contributed by atoms with Crippen molar-refractivity contribution in [1.82, 2.24) is 19.9 Å². The van der Waals surface area contributed by atoms with Crippen molar-refractivity contribution in [3.8, 4) is 5.75 Å². The highest BCUT2D eigenvalue weighted by molar-refractivity contribution is 5.93. The summed E-state index contributed by atoms with van der Waals surface area (Å²) in [6.07, 6.45) is 4.91. The third-order valence-electron chi connectivity index (χ3n) is 4.65. The molecule has 134 valence electrons. The Kier molecular flexibility index (Phi) is 4.39. The molecule has 26 heavy (non-hydrogen) atoms. The van der Waals surface area contributed by atoms with E-state index in [4.69, 9.17) is 4.74 Å². The zero-order valence-corrected chi connectivity index (χ0v) is 14.5. The molecule has 1 fully saturated rings. The van der Waals surface area contributed by atoms with Crippen molar-refractivity contribution in [1.29, 1.82) is 0 Å². The standard InChI is InChI=1S/C18H20N6O2/c1-26-14-6-4-13(5-7-14)23-18(25)12-3-2-8-24(9-12)17-15-16(20-10-19-15)21-11-22-17/h4-7,10-12H,2-3,8-9H2,1H3,(H,23,25)(H,19,20,21,22)/t12-/m0/s1. The summed E-state index contributed by atoms with van der Waals surface area (Å²) in [5.74, 6) is 1.49. The second-order valence-electron chi connectivity index (χ2n) is 6.30. The summed E-state index contributed by atoms with van der Waals surface area (Å²) in [6, 6.07) is 7.35. The number of aromatic amines is 1. The van der Waals surface area contributed by atoms with Crippen LogP contribution >= 0.6 is 0 Å². The van der Waals surface area contributed by atoms with Crippen LogP contribution < -0.4 is 15.0 Å². The predicted molar refractivity (Wildman–Crippen MR) is 98.2 cm³/mol. The van der Waals surface area contributed by atoms with Gasteiger partial charge in [-0.15, -0.1) is 0 Å². The number of imidazole rings is 1. The molecule has 2 aromatic heterocycles. The van der Waals surface area contributed by atoms with Gasteiger partial charge in [0.15, 0.2) is 11.5 Å². The number of hydrogen-bond donors (Lipinski definition) is 2. The van der Waals surface area contributed by atoms with Gasteiger partial charge in [0.2, 0.25) is 5.91 Å². The fourth-order valence-corrected chi connectivity index (χ4v) is 3.29. The first-order valence-corrected chi connectivity index (χ1v) is 8.58. The molecule has 0 bridgehead atoms. The Morgan fingerprint density at radius 1 is 1.27 bits per heavy atom. The molecule has 0 aliphatic carbocycles. The second kappa shape index (κ2) is 6.99. The van der Waals surface area contributed by atoms with Crippen LogP contribution in [0, 0.1) is 5.92 Å². The normalized spacial score (nSPS) is 17.3. The average molecular weight is 352 g/mol. The third kappa shape index (κ3) is 3.17. The lowest BCUT2D eigenvalue weighted by Crippen LogP contribution is -2.41. The molecule has 8 heteroatoms. The second-order valence-corrected chi connectivity index (χ2v) is 6.30. The summed E-state index contributed by atoms with van der Waals surface area (Å²) in [7, 11) is 1.62. The fourth-order valence-electron chi connectivity index (χ4n) is 3.29. The molecule has 1 aromatic carbocycles. The first kappa shape index (κ1) is 16.3. The van der Waals surface area contributed by atoms with Crippen molar-refractivity contribution in [2.75, 3.05) is 30.4 Å². The first-order valence-electron chi connectivity index (χ1n) is 8.58. The Morgan fingerprint density at radius 3 is 2.92 bits per heavy atom. The zero-order valence-electron chi connectivity index (χ0n) is 14.5. The van der Waals surface area contributed by atoms with Gasteiger partial charge in [-0.2, -0.15) is 0 Å². The molecule has 3 heterocycles. The maximum absolute atomic E-state index is 12.7. The number of methoxy groups -OCH3 is 1. The van der Waals surface area contributed by atoms with Crippen molar-refractivity contribution >= 4 is 28.6 Å². The van der Waals surface area contributed by atoms with Gasteiger partial charge in [-0.05, 0) is 37.1 Å². The highest BCUT2D eigenvalue weighted by Gasteiger charge is 2.28. The molecule has 0 saturated carbocycles. The van der Waals surface area contributed by atoms with E-state index in [-0.39, 0.29) is 11.8 Å². The molecule has 0 unspecified atom stereocenters. The molecular weight excluding hydrogens is 332 g/mol. The van der Waals surface area contributed by atoms with Crippen LogP contribution in [0.3, 0.4) is 0 Å². The van der Waals surface area contributed by atoms with Gasteiger partial charge < -0.3 is 19.9 Å². The molecule has 8 nitrogen and oxygen atoms in total. The van der Waals surface area contributed by atoms with Crippen LogP contribution in [-0.2, 0) is 4.79 Å². The number of carbonyl (C=O) groups excluding carboxylic acids is 1. The number of carbonyl (C=O) groups is 1. The largest absolute Gasteiger partial charge is 0.497 e. The number of anilines is 2. The first-order chi connectivity index (χ1) is 12.7. The van der Waals surface area contributed by atoms with Crippen molar-refractivity contribution in [3.63, 3.8) is 0 Å². The van der Waals surface area contributed by atoms with Gasteiger partial charge in [0.1, 0.15) is 17.6 Å². The van der Waals surface area contributed by atoms with Crippen LogP contribution in [0.5, 0.6) is 5.75 Å². The van der Waals surface area contributed by atoms with E-state index in [1.807, 2.05) is 24.3 Å². The molecule has 3 aromatic rings. The van der Waals surface area contributed by atoms with Crippen LogP contribution in [0.25, 0.3) is 11.2 Å². The van der Waals surface area contributed by atoms with Crippen molar-refractivity contribution in [2.24, 2.45) is 5.92 Å². The van der Waals surface area contributed by atoms with Crippen molar-refractivity contribution in [2.45, 2.75) is 12.8 Å². The summed E-state index contributed by atoms with van der Waals surface area (Å²) in [6.45, 7) is 1.48. The van der Waals surface area contributed by atoms with Gasteiger partial charge in [-0.25, -0.2) is 15.0 Å². The van der Waals surface area contributed by atoms with E-state index in [9.17, 15) is 4.79 Å². The quantitative estimate of drug-likeness (QED) is 0.747. The fraction of sp³-hybridized carbons (Fsp3) is 0.333. The Bertz CT molecular complexity index is 907. The summed E-state index contributed by atoms with van der Waals surface area (Å²) >= 11 is 0. The predicted octanol–water partition coefficient (Wildman–Crippen LogP) is 2.22. The SMILES string of the molecule is COc1ccc(NC(=O)[C@H]2CCCN(c3ncnc4nc[nH]c34)C2)cc1. The van der Waals surface area contributed by atoms with Gasteiger partial charge >= 0.3 is 0 Å². The number of fused-ring (bicyclic) bond motifs is 1. The number of aromatic nitrogens is 4. The van der Waals surface area contributed by atoms with E-state index < -0.39 is 0 Å². The average Bonchev–Trinajstić information content (AvgIpc) is 3.17. The number of rotatable bonds is 4. The van der Waals surface area contributed by atoms with Crippen molar-refractivity contribution in [3.05, 3.63) is 36.9 Å². The number of ether oxygens (including phenoxy) is 1. The number of H-pyrrole nitrogens is 1. The van der Waals surface area contributed by atoms with E-state index in [1.165, 1.54) is 6.33 Å². The van der Waals surface area contributed by atoms with Gasteiger partial charge in [-0.1, -0.05) is 0 Å². The number of nitrogens with one attached hydrogen (secondary N) is 2. The van der Waals surface area contributed by atoms with Gasteiger partial charge in [0.25, 0.3) is 0 Å². The van der Waals surface area contributed by atoms with E-state index in [0.29, 0.717) is 12.2 Å². The van der Waals surface area contributed by atoms with Crippen LogP contribution in [0.2, 0.25) is 0 Å². The molecule has 0 spiro atoms. The van der Waals surface area contributed by atoms with E-state index in [2.05, 4.69) is 30.2 Å². The van der Waals surface area contributed by atoms with Gasteiger partial charge in [-0.3, -0.25) is 4.79 Å². The third-order valence-corrected chi connectivity index (χ3v) is 4.65. The minimum absolute atomic E-state index is 0.0229. The molecular formula is C18H20N6O2. The Labute approximate surface area is 150 Å². The van der Waals surface area contributed by atoms with Crippen LogP contribution in [-0.4, -0.2) is 46.0 Å². The lowest BCUT2D eigenvalue weighted by Gasteiger charge is -2.32. The molecule has 4 rings (SSSR count). The van der Waals surface area contributed by atoms with Crippen LogP contribution in [0.1, 0.15) is 12.8 Å². The monoisotopic (exact) mass is 352 g/mol. The maximum Gasteiger partial charge on any atom is 0.229 e. The minimum Gasteiger partial charge on any atom is -0.497 e. The smallest absolute Gasteiger partial charge is 0.229 e. The zero-order chi connectivity index (χ0) is 17.9. The van der Waals surface area contributed by atoms with E-state index in [0.717, 1.165) is 42.2 Å². The molecule has 1 atom stereocenters. The number of nitrogens with zero attached hydrogens (tertiary/aromatic N) is 4. The topological polar surface area (TPSA) is 96.0 Å². The lowest BCUT2D eigenvalue weighted by atomic mass is 9.97. The summed E-state index contributed by atoms with van der Waals surface area (Å²) in [5.41, 5.74) is 2.22. The highest BCUT2D eigenvalue weighted by Crippen LogP contribution is 2.26. The molecule has 1 saturated heterocycles. The Hall–Kier alpha value is -3.16. The van der Waals surface area contributed by atoms with Crippen LogP contribution in [0.15, 0.2) is 36.9 Å². The van der Waals surface area contributed by atoms with Gasteiger partial charge in [0.05, 0.1) is 19.4 Å². The van der Waals surface area contributed by atoms with Gasteiger partial charge in [0, 0.05) is 18.8 Å². The summed E-state index contributed by atoms with van der Waals surface area (Å²) < 4.78 is 5.14. The number of benzene rings is 1. The minimum atomic E-state index is -0.0983. The number of amides is 1. The van der Waals surface area contributed by atoms with Crippen molar-refractivity contribution < 1.29 is 9.53 Å².